The van der Waals surface area contributed by atoms with E-state index in [2.05, 4.69) is 9.97 Å². The molecule has 0 atom stereocenters. The fourth-order valence-corrected chi connectivity index (χ4v) is 0.321. The number of aromatic amines is 1. The van der Waals surface area contributed by atoms with Gasteiger partial charge in [0.2, 0.25) is 0 Å². The monoisotopic (exact) mass is 95.0 g/mol. The van der Waals surface area contributed by atoms with Crippen molar-refractivity contribution in [2.45, 2.75) is 0 Å². The molecule has 0 saturated heterocycles. The molecule has 0 aliphatic heterocycles. The summed E-state index contributed by atoms with van der Waals surface area (Å²) < 4.78 is 0. The Morgan fingerprint density at radius 2 is 2.71 bits per heavy atom. The molecule has 7 heavy (non-hydrogen) atoms. The highest BCUT2D eigenvalue weighted by atomic mass is 16.1. The smallest absolute Gasteiger partial charge is 0.271 e. The van der Waals surface area contributed by atoms with Crippen LogP contribution in [0.3, 0.4) is 0 Å². The molecule has 1 N–H and O–H groups in total. The third-order valence-electron chi connectivity index (χ3n) is 0.595. The molecular weight excluding hydrogens is 92.1 g/mol. The van der Waals surface area contributed by atoms with Crippen LogP contribution in [0.2, 0.25) is 0 Å². The minimum Gasteiger partial charge on any atom is -0.342 e. The lowest BCUT2D eigenvalue weighted by Gasteiger charge is -1.66. The second kappa shape index (κ2) is 1.55. The number of hydrogen-bond acceptors (Lipinski definition) is 2. The Labute approximate surface area is 40.4 Å². The number of nitrogens with zero attached hydrogens (tertiary/aromatic N) is 1. The first kappa shape index (κ1) is 4.05. The first-order valence-corrected chi connectivity index (χ1v) is 1.81. The highest BCUT2D eigenvalue weighted by Crippen LogP contribution is 1.77. The Kier molecular flexibility index (Phi) is 0.898. The first-order chi connectivity index (χ1) is 3.43. The van der Waals surface area contributed by atoms with Crippen molar-refractivity contribution in [3.8, 4) is 0 Å². The normalized spacial score (nSPS) is 8.57. The van der Waals surface area contributed by atoms with Crippen LogP contribution in [0.5, 0.6) is 0 Å². The van der Waals surface area contributed by atoms with Gasteiger partial charge in [-0.2, -0.15) is 0 Å². The second-order valence-corrected chi connectivity index (χ2v) is 1.04. The summed E-state index contributed by atoms with van der Waals surface area (Å²) in [5, 5.41) is 0. The van der Waals surface area contributed by atoms with Crippen molar-refractivity contribution in [2.24, 2.45) is 0 Å². The third kappa shape index (κ3) is 0.652. The highest BCUT2D eigenvalue weighted by Gasteiger charge is 1.85. The van der Waals surface area contributed by atoms with Crippen LogP contribution in [0.1, 0.15) is 5.82 Å². The fourth-order valence-electron chi connectivity index (χ4n) is 0.321. The predicted octanol–water partition coefficient (Wildman–Crippen LogP) is -0.133. The van der Waals surface area contributed by atoms with Gasteiger partial charge < -0.3 is 4.98 Å². The van der Waals surface area contributed by atoms with E-state index in [0.29, 0.717) is 0 Å². The van der Waals surface area contributed by atoms with Crippen molar-refractivity contribution in [3.63, 3.8) is 0 Å². The average molecular weight is 95.1 g/mol. The first-order valence-electron chi connectivity index (χ1n) is 1.81. The molecule has 1 heterocycles. The largest absolute Gasteiger partial charge is 0.342 e. The zero-order valence-electron chi connectivity index (χ0n) is 3.51. The molecule has 3 nitrogen and oxygen atoms in total. The van der Waals surface area contributed by atoms with Crippen LogP contribution in [-0.4, -0.2) is 16.3 Å². The Morgan fingerprint density at radius 1 is 1.86 bits per heavy atom. The van der Waals surface area contributed by atoms with Gasteiger partial charge in [0.25, 0.3) is 6.29 Å². The molecule has 0 aromatic carbocycles. The topological polar surface area (TPSA) is 45.8 Å². The molecule has 3 heteroatoms. The molecule has 0 spiro atoms. The SMILES string of the molecule is O=[C]c1ncc[nH]1. The predicted molar refractivity (Wildman–Crippen MR) is 23.4 cm³/mol. The number of hydrogen-bond donors (Lipinski definition) is 1. The average Bonchev–Trinajstić information content (AvgIpc) is 2.14. The summed E-state index contributed by atoms with van der Waals surface area (Å²) in [4.78, 5) is 15.8. The van der Waals surface area contributed by atoms with Gasteiger partial charge >= 0.3 is 0 Å². The van der Waals surface area contributed by atoms with Gasteiger partial charge in [-0.1, -0.05) is 0 Å². The van der Waals surface area contributed by atoms with E-state index in [1.165, 1.54) is 6.20 Å². The maximum absolute atomic E-state index is 9.65. The number of nitrogens with one attached hydrogen (secondary N) is 1. The molecule has 0 saturated carbocycles. The number of imidazole rings is 1. The van der Waals surface area contributed by atoms with E-state index in [9.17, 15) is 4.79 Å². The highest BCUT2D eigenvalue weighted by molar-refractivity contribution is 5.68. The molecule has 0 unspecified atom stereocenters. The lowest BCUT2D eigenvalue weighted by molar-refractivity contribution is 0.560. The standard InChI is InChI=1S/C4H3N2O/c7-3-4-5-1-2-6-4/h1-2H,(H,5,6). The molecule has 0 bridgehead atoms. The van der Waals surface area contributed by atoms with Crippen LogP contribution >= 0.6 is 0 Å². The Bertz CT molecular complexity index is 145. The van der Waals surface area contributed by atoms with Crippen LogP contribution < -0.4 is 0 Å². The maximum Gasteiger partial charge on any atom is 0.271 e. The Balaban J connectivity index is 2.96. The number of H-pyrrole nitrogens is 1. The van der Waals surface area contributed by atoms with Gasteiger partial charge in [0.15, 0.2) is 5.82 Å². The van der Waals surface area contributed by atoms with E-state index in [1.54, 1.807) is 12.5 Å². The molecule has 1 radical (unpaired) electrons. The summed E-state index contributed by atoms with van der Waals surface area (Å²) >= 11 is 0. The van der Waals surface area contributed by atoms with Crippen LogP contribution in [0.4, 0.5) is 0 Å². The number of rotatable bonds is 1. The Morgan fingerprint density at radius 3 is 3.00 bits per heavy atom. The van der Waals surface area contributed by atoms with E-state index in [-0.39, 0.29) is 5.82 Å². The lowest BCUT2D eigenvalue weighted by atomic mass is 10.7. The van der Waals surface area contributed by atoms with Crippen molar-refractivity contribution < 1.29 is 4.79 Å². The van der Waals surface area contributed by atoms with Gasteiger partial charge in [-0.25, -0.2) is 4.98 Å². The molecule has 35 valence electrons. The molecule has 1 aromatic rings. The summed E-state index contributed by atoms with van der Waals surface area (Å²) in [5.74, 6) is 0.250. The van der Waals surface area contributed by atoms with Crippen molar-refractivity contribution in [1.82, 2.24) is 9.97 Å². The van der Waals surface area contributed by atoms with Gasteiger partial charge in [0.05, 0.1) is 0 Å². The minimum atomic E-state index is 0.250. The number of carbonyl (C=O) groups excluding carboxylic acids is 1. The third-order valence-corrected chi connectivity index (χ3v) is 0.595. The van der Waals surface area contributed by atoms with Gasteiger partial charge in [-0.3, -0.25) is 4.79 Å². The molecule has 0 aliphatic carbocycles. The molecule has 0 fully saturated rings. The van der Waals surface area contributed by atoms with E-state index < -0.39 is 0 Å². The zero-order chi connectivity index (χ0) is 5.11. The van der Waals surface area contributed by atoms with Crippen LogP contribution in [0.25, 0.3) is 0 Å². The van der Waals surface area contributed by atoms with E-state index in [4.69, 9.17) is 0 Å². The zero-order valence-corrected chi connectivity index (χ0v) is 3.51. The minimum absolute atomic E-state index is 0.250. The van der Waals surface area contributed by atoms with E-state index in [1.807, 2.05) is 0 Å². The van der Waals surface area contributed by atoms with Gasteiger partial charge in [-0.05, 0) is 0 Å². The van der Waals surface area contributed by atoms with Gasteiger partial charge in [-0.15, -0.1) is 0 Å². The second-order valence-electron chi connectivity index (χ2n) is 1.04. The molecule has 0 amide bonds. The van der Waals surface area contributed by atoms with Gasteiger partial charge in [0, 0.05) is 12.4 Å². The van der Waals surface area contributed by atoms with Gasteiger partial charge in [0.1, 0.15) is 0 Å². The van der Waals surface area contributed by atoms with Crippen molar-refractivity contribution in [3.05, 3.63) is 18.2 Å². The maximum atomic E-state index is 9.65. The van der Waals surface area contributed by atoms with E-state index in [0.717, 1.165) is 0 Å². The van der Waals surface area contributed by atoms with Crippen LogP contribution in [-0.2, 0) is 4.79 Å². The summed E-state index contributed by atoms with van der Waals surface area (Å²) in [5.41, 5.74) is 0. The van der Waals surface area contributed by atoms with Crippen molar-refractivity contribution in [1.29, 1.82) is 0 Å². The quantitative estimate of drug-likeness (QED) is 0.528. The molecular formula is C4H3N2O. The fraction of sp³-hybridized carbons (Fsp3) is 0. The van der Waals surface area contributed by atoms with Crippen molar-refractivity contribution in [2.75, 3.05) is 0 Å². The molecule has 1 aromatic heterocycles. The lowest BCUT2D eigenvalue weighted by Crippen LogP contribution is -1.78. The van der Waals surface area contributed by atoms with Crippen molar-refractivity contribution >= 4 is 6.29 Å². The number of aromatic nitrogens is 2. The van der Waals surface area contributed by atoms with Crippen LogP contribution in [0.15, 0.2) is 12.4 Å². The molecule has 1 rings (SSSR count). The summed E-state index contributed by atoms with van der Waals surface area (Å²) in [7, 11) is 0. The Hall–Kier alpha value is -1.12. The summed E-state index contributed by atoms with van der Waals surface area (Å²) in [6, 6.07) is 0. The van der Waals surface area contributed by atoms with E-state index >= 15 is 0 Å². The summed E-state index contributed by atoms with van der Waals surface area (Å²) in [6.45, 7) is 0. The van der Waals surface area contributed by atoms with Crippen LogP contribution in [0, 0.1) is 0 Å². The molecule has 0 aliphatic rings. The summed E-state index contributed by atoms with van der Waals surface area (Å²) in [6.07, 6.45) is 4.66.